The number of benzene rings is 1. The molecule has 0 aliphatic heterocycles. The molecule has 0 spiro atoms. The molecule has 0 N–H and O–H groups in total. The van der Waals surface area contributed by atoms with Gasteiger partial charge in [0.05, 0.1) is 0 Å². The van der Waals surface area contributed by atoms with Gasteiger partial charge in [-0.25, -0.2) is 4.39 Å². The number of halogens is 1. The maximum absolute atomic E-state index is 14.2. The van der Waals surface area contributed by atoms with Crippen LogP contribution in [-0.4, -0.2) is 0 Å². The summed E-state index contributed by atoms with van der Waals surface area (Å²) in [6, 6.07) is 6.97. The van der Waals surface area contributed by atoms with Crippen LogP contribution in [-0.2, 0) is 6.42 Å². The summed E-state index contributed by atoms with van der Waals surface area (Å²) in [5, 5.41) is 0. The van der Waals surface area contributed by atoms with Crippen molar-refractivity contribution in [2.75, 3.05) is 0 Å². The molecule has 4 rings (SSSR count). The predicted molar refractivity (Wildman–Crippen MR) is 80.4 cm³/mol. The maximum atomic E-state index is 14.2. The van der Waals surface area contributed by atoms with E-state index in [9.17, 15) is 4.39 Å². The molecule has 0 nitrogen and oxygen atoms in total. The van der Waals surface area contributed by atoms with Crippen LogP contribution in [0.15, 0.2) is 30.1 Å². The summed E-state index contributed by atoms with van der Waals surface area (Å²) >= 11 is 0. The molecule has 4 atom stereocenters. The second-order valence-corrected chi connectivity index (χ2v) is 7.36. The molecule has 1 saturated carbocycles. The number of aryl methyl sites for hydroxylation is 2. The first-order chi connectivity index (χ1) is 9.59. The van der Waals surface area contributed by atoms with Gasteiger partial charge in [-0.3, -0.25) is 0 Å². The molecule has 1 aromatic carbocycles. The van der Waals surface area contributed by atoms with Crippen molar-refractivity contribution in [3.63, 3.8) is 0 Å². The summed E-state index contributed by atoms with van der Waals surface area (Å²) in [6.07, 6.45) is 7.46. The molecule has 1 aromatic rings. The predicted octanol–water partition coefficient (Wildman–Crippen LogP) is 5.31. The first-order valence-corrected chi connectivity index (χ1v) is 8.05. The van der Waals surface area contributed by atoms with Crippen LogP contribution in [0.5, 0.6) is 0 Å². The Morgan fingerprint density at radius 3 is 2.95 bits per heavy atom. The van der Waals surface area contributed by atoms with E-state index in [4.69, 9.17) is 0 Å². The summed E-state index contributed by atoms with van der Waals surface area (Å²) in [5.41, 5.74) is 4.35. The van der Waals surface area contributed by atoms with Crippen LogP contribution >= 0.6 is 0 Å². The lowest BCUT2D eigenvalue weighted by atomic mass is 9.55. The zero-order valence-electron chi connectivity index (χ0n) is 12.5. The third-order valence-electron chi connectivity index (χ3n) is 6.37. The van der Waals surface area contributed by atoms with Gasteiger partial charge in [0, 0.05) is 5.41 Å². The molecule has 0 amide bonds. The van der Waals surface area contributed by atoms with E-state index >= 15 is 0 Å². The Labute approximate surface area is 121 Å². The van der Waals surface area contributed by atoms with Crippen molar-refractivity contribution in [1.29, 1.82) is 0 Å². The Bertz CT molecular complexity index is 585. The number of fused-ring (bicyclic) bond motifs is 5. The van der Waals surface area contributed by atoms with Crippen LogP contribution in [0.25, 0.3) is 0 Å². The van der Waals surface area contributed by atoms with Gasteiger partial charge in [0.25, 0.3) is 0 Å². The van der Waals surface area contributed by atoms with E-state index in [0.717, 1.165) is 19.3 Å². The highest BCUT2D eigenvalue weighted by Gasteiger charge is 2.52. The number of hydrogen-bond acceptors (Lipinski definition) is 0. The minimum Gasteiger partial charge on any atom is -0.212 e. The van der Waals surface area contributed by atoms with E-state index in [0.29, 0.717) is 17.8 Å². The monoisotopic (exact) mass is 270 g/mol. The lowest BCUT2D eigenvalue weighted by Gasteiger charge is -2.49. The molecule has 3 aliphatic carbocycles. The van der Waals surface area contributed by atoms with Crippen molar-refractivity contribution in [2.24, 2.45) is 17.3 Å². The Balaban J connectivity index is 1.72. The molecule has 3 aliphatic rings. The Morgan fingerprint density at radius 1 is 1.25 bits per heavy atom. The molecule has 0 bridgehead atoms. The van der Waals surface area contributed by atoms with E-state index in [2.05, 4.69) is 32.0 Å². The molecule has 106 valence electrons. The van der Waals surface area contributed by atoms with E-state index in [-0.39, 0.29) is 11.2 Å². The average Bonchev–Trinajstić information content (AvgIpc) is 2.74. The highest BCUT2D eigenvalue weighted by molar-refractivity contribution is 5.38. The third-order valence-corrected chi connectivity index (χ3v) is 6.37. The van der Waals surface area contributed by atoms with Crippen LogP contribution in [0.3, 0.4) is 0 Å². The summed E-state index contributed by atoms with van der Waals surface area (Å²) in [7, 11) is 0. The molecule has 0 radical (unpaired) electrons. The molecule has 4 unspecified atom stereocenters. The van der Waals surface area contributed by atoms with Gasteiger partial charge in [-0.1, -0.05) is 36.8 Å². The third kappa shape index (κ3) is 1.58. The quantitative estimate of drug-likeness (QED) is 0.599. The molecule has 0 saturated heterocycles. The molecular formula is C19H23F. The fourth-order valence-electron chi connectivity index (χ4n) is 5.23. The minimum absolute atomic E-state index is 0.149. The van der Waals surface area contributed by atoms with E-state index < -0.39 is 0 Å². The van der Waals surface area contributed by atoms with Crippen molar-refractivity contribution in [3.8, 4) is 0 Å². The number of hydrogen-bond donors (Lipinski definition) is 0. The maximum Gasteiger partial charge on any atom is 0.102 e. The highest BCUT2D eigenvalue weighted by Crippen LogP contribution is 2.61. The second kappa shape index (κ2) is 4.19. The summed E-state index contributed by atoms with van der Waals surface area (Å²) in [4.78, 5) is 0. The smallest absolute Gasteiger partial charge is 0.102 e. The summed E-state index contributed by atoms with van der Waals surface area (Å²) in [6.45, 7) is 4.35. The van der Waals surface area contributed by atoms with Crippen molar-refractivity contribution >= 4 is 0 Å². The standard InChI is InChI=1S/C19H23F/c1-12-3-5-14-13(11-12)4-6-16-15(14)9-10-19(2)17(16)7-8-18(19)20/h3,5,8,11,15-17H,4,6-7,9-10H2,1-2H3. The van der Waals surface area contributed by atoms with Gasteiger partial charge in [0.2, 0.25) is 0 Å². The zero-order valence-corrected chi connectivity index (χ0v) is 12.5. The van der Waals surface area contributed by atoms with E-state index in [1.165, 1.54) is 18.4 Å². The molecule has 20 heavy (non-hydrogen) atoms. The van der Waals surface area contributed by atoms with E-state index in [1.54, 1.807) is 11.1 Å². The van der Waals surface area contributed by atoms with Crippen LogP contribution in [0.1, 0.15) is 55.2 Å². The normalized spacial score (nSPS) is 38.8. The molecule has 1 fully saturated rings. The van der Waals surface area contributed by atoms with Crippen molar-refractivity contribution in [3.05, 3.63) is 46.8 Å². The van der Waals surface area contributed by atoms with Gasteiger partial charge in [-0.05, 0) is 67.9 Å². The van der Waals surface area contributed by atoms with Crippen LogP contribution < -0.4 is 0 Å². The SMILES string of the molecule is Cc1ccc2c(c1)CCC1C2CCC2(C)C(F)=CCC12. The lowest BCUT2D eigenvalue weighted by molar-refractivity contribution is 0.0611. The summed E-state index contributed by atoms with van der Waals surface area (Å²) < 4.78 is 14.2. The fourth-order valence-corrected chi connectivity index (χ4v) is 5.23. The largest absolute Gasteiger partial charge is 0.212 e. The van der Waals surface area contributed by atoms with Crippen LogP contribution in [0.4, 0.5) is 4.39 Å². The van der Waals surface area contributed by atoms with Gasteiger partial charge in [-0.2, -0.15) is 0 Å². The van der Waals surface area contributed by atoms with Gasteiger partial charge in [0.15, 0.2) is 0 Å². The average molecular weight is 270 g/mol. The molecule has 1 heteroatoms. The lowest BCUT2D eigenvalue weighted by Crippen LogP contribution is -2.40. The first kappa shape index (κ1) is 12.6. The topological polar surface area (TPSA) is 0 Å². The van der Waals surface area contributed by atoms with E-state index in [1.807, 2.05) is 6.08 Å². The van der Waals surface area contributed by atoms with Crippen molar-refractivity contribution < 1.29 is 4.39 Å². The minimum atomic E-state index is -0.149. The number of rotatable bonds is 0. The Hall–Kier alpha value is -1.11. The highest BCUT2D eigenvalue weighted by atomic mass is 19.1. The van der Waals surface area contributed by atoms with Crippen LogP contribution in [0.2, 0.25) is 0 Å². The Kier molecular flexibility index (Phi) is 2.64. The van der Waals surface area contributed by atoms with Gasteiger partial charge >= 0.3 is 0 Å². The van der Waals surface area contributed by atoms with Crippen molar-refractivity contribution in [2.45, 2.75) is 51.9 Å². The van der Waals surface area contributed by atoms with Gasteiger partial charge < -0.3 is 0 Å². The zero-order chi connectivity index (χ0) is 13.9. The summed E-state index contributed by atoms with van der Waals surface area (Å²) in [5.74, 6) is 2.08. The van der Waals surface area contributed by atoms with Gasteiger partial charge in [0.1, 0.15) is 5.83 Å². The first-order valence-electron chi connectivity index (χ1n) is 8.05. The van der Waals surface area contributed by atoms with Gasteiger partial charge in [-0.15, -0.1) is 0 Å². The number of allylic oxidation sites excluding steroid dienone is 2. The fraction of sp³-hybridized carbons (Fsp3) is 0.579. The molecule has 0 heterocycles. The second-order valence-electron chi connectivity index (χ2n) is 7.36. The van der Waals surface area contributed by atoms with Crippen LogP contribution in [0, 0.1) is 24.2 Å². The molecule has 0 aromatic heterocycles. The van der Waals surface area contributed by atoms with Crippen molar-refractivity contribution in [1.82, 2.24) is 0 Å². The Morgan fingerprint density at radius 2 is 2.10 bits per heavy atom. The molecular weight excluding hydrogens is 247 g/mol.